The Kier molecular flexibility index (Phi) is 6.03. The summed E-state index contributed by atoms with van der Waals surface area (Å²) in [7, 11) is -3.63. The molecule has 0 fully saturated rings. The fourth-order valence-electron chi connectivity index (χ4n) is 2.33. The number of hydrazone groups is 1. The quantitative estimate of drug-likeness (QED) is 0.473. The second kappa shape index (κ2) is 8.64. The fraction of sp³-hybridized carbons (Fsp3) is 0.100. The molecule has 0 aliphatic rings. The molecule has 0 radical (unpaired) electrons. The summed E-state index contributed by atoms with van der Waals surface area (Å²) < 4.78 is 32.5. The lowest BCUT2D eigenvalue weighted by Crippen LogP contribution is -2.22. The smallest absolute Gasteiger partial charge is 0.271 e. The fourth-order valence-corrected chi connectivity index (χ4v) is 3.33. The summed E-state index contributed by atoms with van der Waals surface area (Å²) in [6.45, 7) is 1.89. The second-order valence-electron chi connectivity index (χ2n) is 6.01. The summed E-state index contributed by atoms with van der Waals surface area (Å²) >= 11 is 0. The predicted molar refractivity (Wildman–Crippen MR) is 105 cm³/mol. The molecule has 0 aliphatic carbocycles. The van der Waals surface area contributed by atoms with Crippen molar-refractivity contribution in [3.8, 4) is 0 Å². The van der Waals surface area contributed by atoms with Crippen molar-refractivity contribution in [2.24, 2.45) is 5.10 Å². The third-order valence-corrected chi connectivity index (χ3v) is 5.26. The van der Waals surface area contributed by atoms with E-state index in [2.05, 4.69) is 15.2 Å². The molecule has 2 N–H and O–H groups in total. The van der Waals surface area contributed by atoms with Crippen LogP contribution in [-0.2, 0) is 16.6 Å². The van der Waals surface area contributed by atoms with Gasteiger partial charge in [0.2, 0.25) is 10.0 Å². The van der Waals surface area contributed by atoms with Crippen molar-refractivity contribution in [3.05, 3.63) is 89.4 Å². The standard InChI is InChI=1S/C20H19N3O4S/c1-15-7-11-19(12-8-15)28(25,26)22-14-18-10-9-17(27-18)13-21-23-20(24)16-5-3-2-4-6-16/h2-13,22H,14H2,1H3,(H,23,24)/b21-13-. The van der Waals surface area contributed by atoms with Crippen LogP contribution in [0.4, 0.5) is 0 Å². The molecule has 0 atom stereocenters. The Balaban J connectivity index is 1.55. The monoisotopic (exact) mass is 397 g/mol. The first kappa shape index (κ1) is 19.5. The van der Waals surface area contributed by atoms with Crippen LogP contribution in [0.2, 0.25) is 0 Å². The maximum Gasteiger partial charge on any atom is 0.271 e. The number of hydrogen-bond donors (Lipinski definition) is 2. The largest absolute Gasteiger partial charge is 0.459 e. The van der Waals surface area contributed by atoms with Crippen molar-refractivity contribution >= 4 is 22.1 Å². The number of sulfonamides is 1. The number of rotatable bonds is 7. The molecule has 0 unspecified atom stereocenters. The minimum atomic E-state index is -3.63. The van der Waals surface area contributed by atoms with E-state index in [9.17, 15) is 13.2 Å². The number of hydrogen-bond acceptors (Lipinski definition) is 5. The van der Waals surface area contributed by atoms with Crippen LogP contribution in [0.3, 0.4) is 0 Å². The summed E-state index contributed by atoms with van der Waals surface area (Å²) in [6.07, 6.45) is 1.35. The summed E-state index contributed by atoms with van der Waals surface area (Å²) in [6, 6.07) is 18.5. The van der Waals surface area contributed by atoms with E-state index in [1.54, 1.807) is 60.7 Å². The van der Waals surface area contributed by atoms with Gasteiger partial charge in [-0.25, -0.2) is 18.6 Å². The van der Waals surface area contributed by atoms with Crippen LogP contribution >= 0.6 is 0 Å². The van der Waals surface area contributed by atoms with Gasteiger partial charge in [0.1, 0.15) is 11.5 Å². The summed E-state index contributed by atoms with van der Waals surface area (Å²) in [5, 5.41) is 3.84. The molecule has 8 heteroatoms. The van der Waals surface area contributed by atoms with E-state index in [-0.39, 0.29) is 17.3 Å². The molecule has 0 saturated carbocycles. The van der Waals surface area contributed by atoms with E-state index in [1.807, 2.05) is 13.0 Å². The van der Waals surface area contributed by atoms with Gasteiger partial charge in [-0.05, 0) is 43.3 Å². The van der Waals surface area contributed by atoms with Crippen LogP contribution in [-0.4, -0.2) is 20.5 Å². The Bertz CT molecular complexity index is 1070. The Morgan fingerprint density at radius 1 is 1.04 bits per heavy atom. The van der Waals surface area contributed by atoms with E-state index >= 15 is 0 Å². The molecular weight excluding hydrogens is 378 g/mol. The van der Waals surface area contributed by atoms with Gasteiger partial charge in [-0.1, -0.05) is 35.9 Å². The zero-order valence-electron chi connectivity index (χ0n) is 15.1. The molecule has 0 spiro atoms. The van der Waals surface area contributed by atoms with Gasteiger partial charge in [0.15, 0.2) is 0 Å². The zero-order chi connectivity index (χ0) is 20.0. The highest BCUT2D eigenvalue weighted by molar-refractivity contribution is 7.89. The number of amides is 1. The third-order valence-electron chi connectivity index (χ3n) is 3.84. The molecule has 1 heterocycles. The maximum atomic E-state index is 12.3. The van der Waals surface area contributed by atoms with Crippen LogP contribution in [0, 0.1) is 6.92 Å². The van der Waals surface area contributed by atoms with Crippen molar-refractivity contribution in [1.29, 1.82) is 0 Å². The molecule has 144 valence electrons. The number of benzene rings is 2. The van der Waals surface area contributed by atoms with Crippen molar-refractivity contribution < 1.29 is 17.6 Å². The van der Waals surface area contributed by atoms with Gasteiger partial charge in [-0.3, -0.25) is 4.79 Å². The zero-order valence-corrected chi connectivity index (χ0v) is 15.9. The predicted octanol–water partition coefficient (Wildman–Crippen LogP) is 2.83. The number of nitrogens with zero attached hydrogens (tertiary/aromatic N) is 1. The summed E-state index contributed by atoms with van der Waals surface area (Å²) in [4.78, 5) is 12.1. The average molecular weight is 397 g/mol. The number of carbonyl (C=O) groups is 1. The Morgan fingerprint density at radius 2 is 1.75 bits per heavy atom. The van der Waals surface area contributed by atoms with Crippen molar-refractivity contribution in [2.75, 3.05) is 0 Å². The molecule has 3 rings (SSSR count). The molecule has 0 saturated heterocycles. The summed E-state index contributed by atoms with van der Waals surface area (Å²) in [5.41, 5.74) is 3.87. The van der Waals surface area contributed by atoms with Crippen molar-refractivity contribution in [1.82, 2.24) is 10.1 Å². The SMILES string of the molecule is Cc1ccc(S(=O)(=O)NCc2ccc(/C=N\NC(=O)c3ccccc3)o2)cc1. The van der Waals surface area contributed by atoms with Gasteiger partial charge in [0.05, 0.1) is 17.7 Å². The average Bonchev–Trinajstić information content (AvgIpc) is 3.15. The van der Waals surface area contributed by atoms with E-state index in [1.165, 1.54) is 6.21 Å². The Morgan fingerprint density at radius 3 is 2.46 bits per heavy atom. The van der Waals surface area contributed by atoms with Crippen LogP contribution in [0.15, 0.2) is 81.1 Å². The third kappa shape index (κ3) is 5.15. The molecule has 1 aromatic heterocycles. The van der Waals surface area contributed by atoms with Gasteiger partial charge in [-0.2, -0.15) is 5.10 Å². The molecule has 0 bridgehead atoms. The Labute approximate surface area is 163 Å². The van der Waals surface area contributed by atoms with E-state index < -0.39 is 10.0 Å². The van der Waals surface area contributed by atoms with E-state index in [0.29, 0.717) is 17.1 Å². The highest BCUT2D eigenvalue weighted by Crippen LogP contribution is 2.12. The highest BCUT2D eigenvalue weighted by Gasteiger charge is 2.14. The molecule has 3 aromatic rings. The minimum Gasteiger partial charge on any atom is -0.459 e. The lowest BCUT2D eigenvalue weighted by Gasteiger charge is -2.05. The van der Waals surface area contributed by atoms with Crippen LogP contribution < -0.4 is 10.1 Å². The van der Waals surface area contributed by atoms with Crippen LogP contribution in [0.25, 0.3) is 0 Å². The molecule has 2 aromatic carbocycles. The molecule has 1 amide bonds. The number of nitrogens with one attached hydrogen (secondary N) is 2. The lowest BCUT2D eigenvalue weighted by molar-refractivity contribution is 0.0955. The second-order valence-corrected chi connectivity index (χ2v) is 7.77. The van der Waals surface area contributed by atoms with Gasteiger partial charge in [-0.15, -0.1) is 0 Å². The summed E-state index contributed by atoms with van der Waals surface area (Å²) in [5.74, 6) is 0.471. The topological polar surface area (TPSA) is 101 Å². The first-order valence-corrected chi connectivity index (χ1v) is 9.96. The minimum absolute atomic E-state index is 0.000421. The van der Waals surface area contributed by atoms with Crippen LogP contribution in [0.1, 0.15) is 27.4 Å². The lowest BCUT2D eigenvalue weighted by atomic mass is 10.2. The molecule has 7 nitrogen and oxygen atoms in total. The molecule has 0 aliphatic heterocycles. The molecular formula is C20H19N3O4S. The first-order chi connectivity index (χ1) is 13.4. The van der Waals surface area contributed by atoms with Gasteiger partial charge in [0, 0.05) is 5.56 Å². The van der Waals surface area contributed by atoms with Crippen molar-refractivity contribution in [3.63, 3.8) is 0 Å². The Hall–Kier alpha value is -3.23. The first-order valence-electron chi connectivity index (χ1n) is 8.47. The van der Waals surface area contributed by atoms with E-state index in [4.69, 9.17) is 4.42 Å². The van der Waals surface area contributed by atoms with Gasteiger partial charge in [0.25, 0.3) is 5.91 Å². The molecule has 28 heavy (non-hydrogen) atoms. The maximum absolute atomic E-state index is 12.3. The van der Waals surface area contributed by atoms with E-state index in [0.717, 1.165) is 5.56 Å². The van der Waals surface area contributed by atoms with Crippen LogP contribution in [0.5, 0.6) is 0 Å². The number of aryl methyl sites for hydroxylation is 1. The normalized spacial score (nSPS) is 11.6. The van der Waals surface area contributed by atoms with Crippen molar-refractivity contribution in [2.45, 2.75) is 18.4 Å². The van der Waals surface area contributed by atoms with Gasteiger partial charge >= 0.3 is 0 Å². The number of furan rings is 1. The van der Waals surface area contributed by atoms with Gasteiger partial charge < -0.3 is 4.42 Å². The highest BCUT2D eigenvalue weighted by atomic mass is 32.2. The number of carbonyl (C=O) groups excluding carboxylic acids is 1.